The lowest BCUT2D eigenvalue weighted by atomic mass is 10.0. The minimum absolute atomic E-state index is 0.106. The minimum atomic E-state index is -1.59. The van der Waals surface area contributed by atoms with Gasteiger partial charge in [0.2, 0.25) is 5.16 Å². The fourth-order valence-corrected chi connectivity index (χ4v) is 6.10. The molecule has 0 saturated carbocycles. The van der Waals surface area contributed by atoms with Crippen LogP contribution in [0.3, 0.4) is 0 Å². The van der Waals surface area contributed by atoms with Gasteiger partial charge in [-0.3, -0.25) is 19.3 Å². The van der Waals surface area contributed by atoms with Crippen molar-refractivity contribution in [2.45, 2.75) is 29.2 Å². The topological polar surface area (TPSA) is 197 Å². The number of carbonyl (C=O) groups excluding carboxylic acids is 2. The number of aliphatic hydroxyl groups is 1. The average molecular weight is 537 g/mol. The first kappa shape index (κ1) is 25.5. The number of fused-ring (bicyclic) bond motifs is 1. The lowest BCUT2D eigenvalue weighted by molar-refractivity contribution is -0.151. The van der Waals surface area contributed by atoms with E-state index in [9.17, 15) is 29.4 Å². The summed E-state index contributed by atoms with van der Waals surface area (Å²) >= 11 is 2.30. The van der Waals surface area contributed by atoms with E-state index in [4.69, 9.17) is 9.84 Å². The van der Waals surface area contributed by atoms with E-state index in [1.54, 1.807) is 18.2 Å². The van der Waals surface area contributed by atoms with Crippen LogP contribution >= 0.6 is 23.5 Å². The molecule has 0 spiro atoms. The van der Waals surface area contributed by atoms with Crippen molar-refractivity contribution in [1.29, 1.82) is 0 Å². The molecule has 2 aromatic rings. The second kappa shape index (κ2) is 10.5. The van der Waals surface area contributed by atoms with Crippen molar-refractivity contribution in [1.82, 2.24) is 30.4 Å². The van der Waals surface area contributed by atoms with Gasteiger partial charge in [-0.1, -0.05) is 30.0 Å². The summed E-state index contributed by atoms with van der Waals surface area (Å²) in [5, 5.41) is 42.0. The van der Waals surface area contributed by atoms with Crippen molar-refractivity contribution in [2.24, 2.45) is 0 Å². The number of thioether (sulfide) groups is 2. The number of methoxy groups -OCH3 is 1. The first-order valence-corrected chi connectivity index (χ1v) is 12.4. The average Bonchev–Trinajstić information content (AvgIpc) is 3.30. The van der Waals surface area contributed by atoms with Gasteiger partial charge in [0.1, 0.15) is 29.4 Å². The van der Waals surface area contributed by atoms with Gasteiger partial charge in [-0.05, 0) is 22.1 Å². The number of hydrogen-bond donors (Lipinski definition) is 4. The first-order chi connectivity index (χ1) is 17.2. The molecule has 2 amide bonds. The Balaban J connectivity index is 1.46. The third-order valence-electron chi connectivity index (χ3n) is 5.39. The zero-order valence-electron chi connectivity index (χ0n) is 18.6. The number of aliphatic hydroxyl groups excluding tert-OH is 1. The summed E-state index contributed by atoms with van der Waals surface area (Å²) in [6, 6.07) is 5.41. The molecule has 2 aliphatic heterocycles. The molecular weight excluding hydrogens is 516 g/mol. The summed E-state index contributed by atoms with van der Waals surface area (Å²) in [4.78, 5) is 49.6. The van der Waals surface area contributed by atoms with E-state index in [2.05, 4.69) is 20.8 Å². The van der Waals surface area contributed by atoms with Crippen LogP contribution in [-0.2, 0) is 25.7 Å². The highest BCUT2D eigenvalue weighted by atomic mass is 32.2. The Morgan fingerprint density at radius 1 is 1.31 bits per heavy atom. The second-order valence-electron chi connectivity index (χ2n) is 7.60. The fraction of sp³-hybridized carbons (Fsp3) is 0.350. The molecule has 1 saturated heterocycles. The molecule has 0 radical (unpaired) electrons. The maximum atomic E-state index is 12.9. The smallest absolute Gasteiger partial charge is 0.352 e. The van der Waals surface area contributed by atoms with Gasteiger partial charge in [0.25, 0.3) is 11.8 Å². The van der Waals surface area contributed by atoms with Crippen LogP contribution in [-0.4, -0.2) is 94.2 Å². The van der Waals surface area contributed by atoms with Crippen molar-refractivity contribution < 1.29 is 39.2 Å². The quantitative estimate of drug-likeness (QED) is 0.220. The van der Waals surface area contributed by atoms with E-state index >= 15 is 0 Å². The molecule has 1 unspecified atom stereocenters. The Bertz CT molecular complexity index is 1250. The molecule has 14 nitrogen and oxygen atoms in total. The molecule has 1 aromatic carbocycles. The zero-order chi connectivity index (χ0) is 26.0. The second-order valence-corrected chi connectivity index (χ2v) is 9.65. The number of amides is 2. The van der Waals surface area contributed by atoms with Gasteiger partial charge in [-0.2, -0.15) is 0 Å². The molecule has 1 fully saturated rings. The van der Waals surface area contributed by atoms with Crippen LogP contribution < -0.4 is 10.1 Å². The third kappa shape index (κ3) is 4.87. The summed E-state index contributed by atoms with van der Waals surface area (Å²) in [5.41, 5.74) is 0.447. The van der Waals surface area contributed by atoms with E-state index in [-0.39, 0.29) is 27.9 Å². The number of aromatic nitrogens is 4. The van der Waals surface area contributed by atoms with Crippen LogP contribution in [0.4, 0.5) is 0 Å². The van der Waals surface area contributed by atoms with Gasteiger partial charge in [0.15, 0.2) is 6.10 Å². The maximum absolute atomic E-state index is 12.9. The number of para-hydroxylation sites is 1. The van der Waals surface area contributed by atoms with E-state index in [1.807, 2.05) is 0 Å². The number of hydrogen-bond acceptors (Lipinski definition) is 11. The number of rotatable bonds is 10. The molecule has 0 aliphatic carbocycles. The number of carboxylic acids is 2. The molecule has 16 heteroatoms. The lowest BCUT2D eigenvalue weighted by Crippen LogP contribution is -2.70. The molecule has 3 heterocycles. The van der Waals surface area contributed by atoms with Gasteiger partial charge < -0.3 is 25.4 Å². The van der Waals surface area contributed by atoms with Crippen molar-refractivity contribution in [2.75, 3.05) is 18.6 Å². The van der Waals surface area contributed by atoms with Crippen LogP contribution in [0.5, 0.6) is 5.75 Å². The number of carbonyl (C=O) groups is 4. The van der Waals surface area contributed by atoms with Gasteiger partial charge >= 0.3 is 11.9 Å². The van der Waals surface area contributed by atoms with Crippen LogP contribution in [0.25, 0.3) is 0 Å². The molecule has 1 aromatic heterocycles. The Hall–Kier alpha value is -3.63. The highest BCUT2D eigenvalue weighted by Crippen LogP contribution is 2.41. The monoisotopic (exact) mass is 536 g/mol. The summed E-state index contributed by atoms with van der Waals surface area (Å²) in [6.45, 7) is -0.455. The van der Waals surface area contributed by atoms with Gasteiger partial charge in [-0.15, -0.1) is 16.9 Å². The molecular formula is C20H20N6O8S2. The highest BCUT2D eigenvalue weighted by Gasteiger charge is 2.54. The number of tetrazole rings is 1. The maximum Gasteiger partial charge on any atom is 0.352 e. The lowest BCUT2D eigenvalue weighted by Gasteiger charge is -2.49. The summed E-state index contributed by atoms with van der Waals surface area (Å²) < 4.78 is 6.23. The number of aliphatic carboxylic acids is 2. The Labute approximate surface area is 211 Å². The van der Waals surface area contributed by atoms with Crippen molar-refractivity contribution >= 4 is 47.3 Å². The summed E-state index contributed by atoms with van der Waals surface area (Å²) in [6.07, 6.45) is -1.59. The predicted molar refractivity (Wildman–Crippen MR) is 124 cm³/mol. The van der Waals surface area contributed by atoms with E-state index in [0.29, 0.717) is 11.3 Å². The van der Waals surface area contributed by atoms with E-state index in [0.717, 1.165) is 21.3 Å². The van der Waals surface area contributed by atoms with Crippen molar-refractivity contribution in [3.63, 3.8) is 0 Å². The summed E-state index contributed by atoms with van der Waals surface area (Å²) in [5.74, 6) is -3.23. The Morgan fingerprint density at radius 3 is 2.75 bits per heavy atom. The Morgan fingerprint density at radius 2 is 2.06 bits per heavy atom. The molecule has 4 rings (SSSR count). The van der Waals surface area contributed by atoms with Gasteiger partial charge in [-0.25, -0.2) is 9.48 Å². The standard InChI is InChI=1S/C20H20N6O8S2/c1-34-11-5-3-2-4-10(11)15(29)16(30)21-13-17(31)26-14(19(32)33)9(7-35-18(13)26)8-36-20-22-23-24-25(20)6-12(27)28/h2-5,13,15,18,29H,6-8H2,1H3,(H,21,30)(H,27,28)(H,32,33)/t13?,15-,18-/m1/s1. The molecule has 36 heavy (non-hydrogen) atoms. The van der Waals surface area contributed by atoms with E-state index in [1.165, 1.54) is 24.9 Å². The molecule has 0 bridgehead atoms. The van der Waals surface area contributed by atoms with Crippen LogP contribution in [0.1, 0.15) is 11.7 Å². The molecule has 190 valence electrons. The fourth-order valence-electron chi connectivity index (χ4n) is 3.74. The van der Waals surface area contributed by atoms with Crippen LogP contribution in [0.2, 0.25) is 0 Å². The van der Waals surface area contributed by atoms with Gasteiger partial charge in [0.05, 0.1) is 7.11 Å². The Kier molecular flexibility index (Phi) is 7.46. The minimum Gasteiger partial charge on any atom is -0.496 e. The largest absolute Gasteiger partial charge is 0.496 e. The number of carboxylic acid groups (broad SMARTS) is 2. The van der Waals surface area contributed by atoms with E-state index < -0.39 is 47.8 Å². The first-order valence-electron chi connectivity index (χ1n) is 10.3. The SMILES string of the molecule is COc1ccccc1[C@@H](O)C(=O)NC1C(=O)N2C(C(=O)O)=C(CSc3nnnn3CC(=O)O)CS[C@H]12. The van der Waals surface area contributed by atoms with Crippen LogP contribution in [0.15, 0.2) is 40.7 Å². The van der Waals surface area contributed by atoms with Crippen molar-refractivity contribution in [3.8, 4) is 5.75 Å². The van der Waals surface area contributed by atoms with Crippen molar-refractivity contribution in [3.05, 3.63) is 41.1 Å². The number of nitrogens with zero attached hydrogens (tertiary/aromatic N) is 5. The highest BCUT2D eigenvalue weighted by molar-refractivity contribution is 8.01. The molecule has 4 N–H and O–H groups in total. The van der Waals surface area contributed by atoms with Gasteiger partial charge in [0, 0.05) is 17.1 Å². The number of benzene rings is 1. The number of nitrogens with one attached hydrogen (secondary N) is 1. The molecule has 3 atom stereocenters. The normalized spacial score (nSPS) is 19.8. The van der Waals surface area contributed by atoms with Crippen LogP contribution in [0, 0.1) is 0 Å². The number of ether oxygens (including phenoxy) is 1. The zero-order valence-corrected chi connectivity index (χ0v) is 20.2. The third-order valence-corrected chi connectivity index (χ3v) is 7.77. The summed E-state index contributed by atoms with van der Waals surface area (Å²) in [7, 11) is 1.40. The predicted octanol–water partition coefficient (Wildman–Crippen LogP) is -0.669. The molecule has 2 aliphatic rings. The number of β-lactam (4-membered cyclic amide) rings is 1.